The molecule has 1 N–H and O–H groups in total. The first-order valence-electron chi connectivity index (χ1n) is 6.64. The molecule has 2 rings (SSSR count). The molecular weight excluding hydrogens is 258 g/mol. The molecule has 3 heteroatoms. The number of aliphatic hydroxyl groups is 1. The van der Waals surface area contributed by atoms with Gasteiger partial charge in [-0.1, -0.05) is 24.3 Å². The van der Waals surface area contributed by atoms with Crippen molar-refractivity contribution in [1.82, 2.24) is 0 Å². The summed E-state index contributed by atoms with van der Waals surface area (Å²) in [5.41, 5.74) is 3.25. The van der Waals surface area contributed by atoms with E-state index in [1.54, 1.807) is 0 Å². The van der Waals surface area contributed by atoms with Crippen molar-refractivity contribution < 1.29 is 13.9 Å². The van der Waals surface area contributed by atoms with E-state index in [1.165, 1.54) is 23.8 Å². The fourth-order valence-electron chi connectivity index (χ4n) is 2.24. The van der Waals surface area contributed by atoms with Crippen LogP contribution in [0, 0.1) is 25.5 Å². The maximum absolute atomic E-state index is 13.5. The average Bonchev–Trinajstić information content (AvgIpc) is 2.38. The minimum Gasteiger partial charge on any atom is -0.392 e. The molecule has 2 aromatic rings. The summed E-state index contributed by atoms with van der Waals surface area (Å²) in [6.45, 7) is 4.02. The van der Waals surface area contributed by atoms with E-state index in [0.717, 1.165) is 11.1 Å². The molecule has 1 nitrogen and oxygen atoms in total. The molecule has 0 amide bonds. The molecule has 0 spiro atoms. The molecule has 0 radical (unpaired) electrons. The molecule has 0 fully saturated rings. The van der Waals surface area contributed by atoms with Crippen molar-refractivity contribution in [2.75, 3.05) is 0 Å². The first kappa shape index (κ1) is 14.7. The van der Waals surface area contributed by atoms with Crippen LogP contribution in [0.5, 0.6) is 0 Å². The van der Waals surface area contributed by atoms with Gasteiger partial charge in [-0.05, 0) is 49.1 Å². The zero-order valence-corrected chi connectivity index (χ0v) is 11.7. The molecule has 0 bridgehead atoms. The van der Waals surface area contributed by atoms with Crippen molar-refractivity contribution in [2.24, 2.45) is 0 Å². The van der Waals surface area contributed by atoms with E-state index < -0.39 is 17.7 Å². The van der Waals surface area contributed by atoms with E-state index in [1.807, 2.05) is 32.0 Å². The van der Waals surface area contributed by atoms with Gasteiger partial charge in [0.25, 0.3) is 0 Å². The van der Waals surface area contributed by atoms with Crippen LogP contribution in [0.15, 0.2) is 36.4 Å². The fraction of sp³-hybridized carbons (Fsp3) is 0.294. The van der Waals surface area contributed by atoms with Crippen molar-refractivity contribution in [3.05, 3.63) is 70.3 Å². The van der Waals surface area contributed by atoms with Crippen molar-refractivity contribution in [2.45, 2.75) is 32.8 Å². The van der Waals surface area contributed by atoms with Crippen LogP contribution in [0.25, 0.3) is 0 Å². The Kier molecular flexibility index (Phi) is 4.50. The maximum Gasteiger partial charge on any atom is 0.129 e. The second kappa shape index (κ2) is 6.14. The highest BCUT2D eigenvalue weighted by Crippen LogP contribution is 2.17. The number of rotatable bonds is 4. The molecule has 0 heterocycles. The van der Waals surface area contributed by atoms with Gasteiger partial charge in [0, 0.05) is 12.0 Å². The molecule has 0 aromatic heterocycles. The number of aryl methyl sites for hydroxylation is 2. The Morgan fingerprint density at radius 3 is 2.20 bits per heavy atom. The Morgan fingerprint density at radius 2 is 1.60 bits per heavy atom. The predicted octanol–water partition coefficient (Wildman–Crippen LogP) is 3.73. The lowest BCUT2D eigenvalue weighted by molar-refractivity contribution is 0.172. The number of benzene rings is 2. The highest BCUT2D eigenvalue weighted by Gasteiger charge is 2.14. The largest absolute Gasteiger partial charge is 0.392 e. The minimum absolute atomic E-state index is 0.0224. The highest BCUT2D eigenvalue weighted by atomic mass is 19.1. The van der Waals surface area contributed by atoms with E-state index in [0.29, 0.717) is 6.42 Å². The number of aliphatic hydroxyl groups excluding tert-OH is 1. The Balaban J connectivity index is 2.09. The topological polar surface area (TPSA) is 20.2 Å². The molecule has 0 aliphatic rings. The lowest BCUT2D eigenvalue weighted by atomic mass is 9.98. The third-order valence-electron chi connectivity index (χ3n) is 3.54. The zero-order chi connectivity index (χ0) is 14.7. The predicted molar refractivity (Wildman–Crippen MR) is 75.7 cm³/mol. The lowest BCUT2D eigenvalue weighted by Crippen LogP contribution is -2.16. The van der Waals surface area contributed by atoms with Crippen LogP contribution in [0.3, 0.4) is 0 Å². The first-order chi connectivity index (χ1) is 9.47. The standard InChI is InChI=1S/C17H18F2O/c1-11-6-7-13(8-12(11)2)9-14(20)10-15-16(18)4-3-5-17(15)19/h3-8,14,20H,9-10H2,1-2H3. The quantitative estimate of drug-likeness (QED) is 0.902. The maximum atomic E-state index is 13.5. The monoisotopic (exact) mass is 276 g/mol. The molecule has 0 saturated carbocycles. The minimum atomic E-state index is -0.802. The third-order valence-corrected chi connectivity index (χ3v) is 3.54. The summed E-state index contributed by atoms with van der Waals surface area (Å²) < 4.78 is 27.0. The van der Waals surface area contributed by atoms with Gasteiger partial charge in [0.2, 0.25) is 0 Å². The normalized spacial score (nSPS) is 12.4. The summed E-state index contributed by atoms with van der Waals surface area (Å²) in [5, 5.41) is 10.0. The van der Waals surface area contributed by atoms with Crippen molar-refractivity contribution in [3.8, 4) is 0 Å². The van der Waals surface area contributed by atoms with Gasteiger partial charge in [-0.2, -0.15) is 0 Å². The van der Waals surface area contributed by atoms with Gasteiger partial charge < -0.3 is 5.11 Å². The van der Waals surface area contributed by atoms with Crippen LogP contribution in [-0.2, 0) is 12.8 Å². The smallest absolute Gasteiger partial charge is 0.129 e. The summed E-state index contributed by atoms with van der Waals surface area (Å²) in [6.07, 6.45) is -0.441. The van der Waals surface area contributed by atoms with Crippen LogP contribution >= 0.6 is 0 Å². The van der Waals surface area contributed by atoms with Crippen molar-refractivity contribution in [3.63, 3.8) is 0 Å². The number of halogens is 2. The van der Waals surface area contributed by atoms with Gasteiger partial charge in [-0.15, -0.1) is 0 Å². The van der Waals surface area contributed by atoms with Gasteiger partial charge in [0.15, 0.2) is 0 Å². The van der Waals surface area contributed by atoms with Gasteiger partial charge in [0.1, 0.15) is 11.6 Å². The molecule has 1 atom stereocenters. The molecule has 0 aliphatic carbocycles. The summed E-state index contributed by atoms with van der Waals surface area (Å²) in [4.78, 5) is 0. The van der Waals surface area contributed by atoms with E-state index in [4.69, 9.17) is 0 Å². The third kappa shape index (κ3) is 3.42. The van der Waals surface area contributed by atoms with E-state index in [9.17, 15) is 13.9 Å². The molecule has 1 unspecified atom stereocenters. The number of hydrogen-bond donors (Lipinski definition) is 1. The van der Waals surface area contributed by atoms with E-state index in [2.05, 4.69) is 0 Å². The average molecular weight is 276 g/mol. The van der Waals surface area contributed by atoms with Crippen LogP contribution in [-0.4, -0.2) is 11.2 Å². The van der Waals surface area contributed by atoms with Crippen LogP contribution in [0.4, 0.5) is 8.78 Å². The Morgan fingerprint density at radius 1 is 0.950 bits per heavy atom. The summed E-state index contributed by atoms with van der Waals surface area (Å²) in [5.74, 6) is -1.21. The Labute approximate surface area is 117 Å². The number of hydrogen-bond acceptors (Lipinski definition) is 1. The van der Waals surface area contributed by atoms with E-state index >= 15 is 0 Å². The molecule has 2 aromatic carbocycles. The summed E-state index contributed by atoms with van der Waals surface area (Å²) in [6, 6.07) is 9.66. The lowest BCUT2D eigenvalue weighted by Gasteiger charge is -2.13. The Bertz CT molecular complexity index is 588. The Hall–Kier alpha value is -1.74. The van der Waals surface area contributed by atoms with Gasteiger partial charge >= 0.3 is 0 Å². The van der Waals surface area contributed by atoms with Gasteiger partial charge in [0.05, 0.1) is 6.10 Å². The van der Waals surface area contributed by atoms with E-state index in [-0.39, 0.29) is 12.0 Å². The zero-order valence-electron chi connectivity index (χ0n) is 11.7. The second-order valence-electron chi connectivity index (χ2n) is 5.18. The second-order valence-corrected chi connectivity index (χ2v) is 5.18. The molecular formula is C17H18F2O. The summed E-state index contributed by atoms with van der Waals surface area (Å²) >= 11 is 0. The van der Waals surface area contributed by atoms with Crippen LogP contribution in [0.1, 0.15) is 22.3 Å². The van der Waals surface area contributed by atoms with Crippen LogP contribution < -0.4 is 0 Å². The van der Waals surface area contributed by atoms with Gasteiger partial charge in [-0.25, -0.2) is 8.78 Å². The van der Waals surface area contributed by atoms with Crippen molar-refractivity contribution in [1.29, 1.82) is 0 Å². The van der Waals surface area contributed by atoms with Crippen molar-refractivity contribution >= 4 is 0 Å². The fourth-order valence-corrected chi connectivity index (χ4v) is 2.24. The highest BCUT2D eigenvalue weighted by molar-refractivity contribution is 5.30. The molecule has 0 saturated heterocycles. The first-order valence-corrected chi connectivity index (χ1v) is 6.64. The molecule has 0 aliphatic heterocycles. The van der Waals surface area contributed by atoms with Gasteiger partial charge in [-0.3, -0.25) is 0 Å². The molecule has 20 heavy (non-hydrogen) atoms. The SMILES string of the molecule is Cc1ccc(CC(O)Cc2c(F)cccc2F)cc1C. The summed E-state index contributed by atoms with van der Waals surface area (Å²) in [7, 11) is 0. The van der Waals surface area contributed by atoms with Crippen LogP contribution in [0.2, 0.25) is 0 Å². The molecule has 106 valence electrons.